The fourth-order valence-corrected chi connectivity index (χ4v) is 3.02. The summed E-state index contributed by atoms with van der Waals surface area (Å²) >= 11 is 6.02. The van der Waals surface area contributed by atoms with E-state index < -0.39 is 0 Å². The first kappa shape index (κ1) is 17.9. The molecule has 0 unspecified atom stereocenters. The molecule has 5 nitrogen and oxygen atoms in total. The lowest BCUT2D eigenvalue weighted by molar-refractivity contribution is -0.113. The largest absolute Gasteiger partial charge is 0.497 e. The lowest BCUT2D eigenvalue weighted by Gasteiger charge is -2.19. The van der Waals surface area contributed by atoms with E-state index in [1.165, 1.54) is 0 Å². The topological polar surface area (TPSA) is 54.8 Å². The molecule has 1 aliphatic heterocycles. The van der Waals surface area contributed by atoms with Crippen molar-refractivity contribution in [2.24, 2.45) is 4.99 Å². The molecule has 1 aliphatic rings. The summed E-state index contributed by atoms with van der Waals surface area (Å²) in [5.74, 6) is 1.06. The molecule has 28 heavy (non-hydrogen) atoms. The van der Waals surface area contributed by atoms with E-state index in [0.717, 1.165) is 11.1 Å². The quantitative estimate of drug-likeness (QED) is 0.614. The minimum absolute atomic E-state index is 0.202. The zero-order valence-electron chi connectivity index (χ0n) is 15.0. The van der Waals surface area contributed by atoms with Gasteiger partial charge in [-0.05, 0) is 72.3 Å². The van der Waals surface area contributed by atoms with E-state index in [0.29, 0.717) is 28.0 Å². The third-order valence-electron chi connectivity index (χ3n) is 4.30. The van der Waals surface area contributed by atoms with Crippen LogP contribution < -0.4 is 9.64 Å². The molecule has 6 heteroatoms. The molecule has 0 saturated carbocycles. The maximum absolute atomic E-state index is 13.2. The van der Waals surface area contributed by atoms with Crippen molar-refractivity contribution in [2.45, 2.75) is 0 Å². The number of aromatic nitrogens is 1. The Kier molecular flexibility index (Phi) is 4.91. The Morgan fingerprint density at radius 1 is 0.964 bits per heavy atom. The molecule has 0 atom stereocenters. The molecule has 0 aliphatic carbocycles. The van der Waals surface area contributed by atoms with E-state index in [1.807, 2.05) is 48.5 Å². The van der Waals surface area contributed by atoms with Crippen LogP contribution >= 0.6 is 11.6 Å². The zero-order valence-corrected chi connectivity index (χ0v) is 15.8. The van der Waals surface area contributed by atoms with Gasteiger partial charge in [0.15, 0.2) is 0 Å². The lowest BCUT2D eigenvalue weighted by atomic mass is 10.1. The third-order valence-corrected chi connectivity index (χ3v) is 4.55. The van der Waals surface area contributed by atoms with Gasteiger partial charge in [0.1, 0.15) is 17.3 Å². The Bertz CT molecular complexity index is 1060. The zero-order chi connectivity index (χ0) is 19.5. The average molecular weight is 390 g/mol. The molecule has 0 bridgehead atoms. The Morgan fingerprint density at radius 3 is 2.29 bits per heavy atom. The van der Waals surface area contributed by atoms with Crippen LogP contribution in [0.5, 0.6) is 5.75 Å². The van der Waals surface area contributed by atoms with E-state index in [9.17, 15) is 4.79 Å². The predicted molar refractivity (Wildman–Crippen MR) is 111 cm³/mol. The number of ether oxygens (including phenoxy) is 1. The first-order valence-electron chi connectivity index (χ1n) is 8.60. The molecule has 0 saturated heterocycles. The normalized spacial score (nSPS) is 15.1. The second kappa shape index (κ2) is 7.66. The van der Waals surface area contributed by atoms with E-state index in [-0.39, 0.29) is 5.91 Å². The van der Waals surface area contributed by atoms with Gasteiger partial charge in [0.25, 0.3) is 5.91 Å². The minimum Gasteiger partial charge on any atom is -0.497 e. The highest BCUT2D eigenvalue weighted by Crippen LogP contribution is 2.29. The number of nitrogens with zero attached hydrogens (tertiary/aromatic N) is 3. The van der Waals surface area contributed by atoms with Gasteiger partial charge in [-0.3, -0.25) is 14.7 Å². The number of benzene rings is 2. The second-order valence-corrected chi connectivity index (χ2v) is 6.53. The van der Waals surface area contributed by atoms with Crippen molar-refractivity contribution in [1.82, 2.24) is 4.98 Å². The highest BCUT2D eigenvalue weighted by Gasteiger charge is 2.32. The summed E-state index contributed by atoms with van der Waals surface area (Å²) < 4.78 is 5.22. The Balaban J connectivity index is 1.80. The molecule has 4 rings (SSSR count). The highest BCUT2D eigenvalue weighted by molar-refractivity contribution is 6.34. The number of rotatable bonds is 4. The first-order chi connectivity index (χ1) is 13.7. The number of carbonyl (C=O) groups excluding carboxylic acids is 1. The maximum Gasteiger partial charge on any atom is 0.282 e. The van der Waals surface area contributed by atoms with Crippen LogP contribution in [0.1, 0.15) is 11.1 Å². The molecule has 3 aromatic rings. The number of anilines is 1. The van der Waals surface area contributed by atoms with Crippen molar-refractivity contribution in [2.75, 3.05) is 12.0 Å². The molecule has 0 radical (unpaired) electrons. The Labute approximate surface area is 167 Å². The number of hydrogen-bond acceptors (Lipinski definition) is 4. The minimum atomic E-state index is -0.202. The monoisotopic (exact) mass is 389 g/mol. The van der Waals surface area contributed by atoms with Crippen LogP contribution in [0.25, 0.3) is 6.08 Å². The predicted octanol–water partition coefficient (Wildman–Crippen LogP) is 4.58. The molecule has 0 spiro atoms. The van der Waals surface area contributed by atoms with Crippen LogP contribution in [0.3, 0.4) is 0 Å². The van der Waals surface area contributed by atoms with Crippen LogP contribution in [0.4, 0.5) is 5.69 Å². The van der Waals surface area contributed by atoms with Gasteiger partial charge in [0.2, 0.25) is 0 Å². The van der Waals surface area contributed by atoms with Gasteiger partial charge in [0, 0.05) is 23.0 Å². The maximum atomic E-state index is 13.2. The van der Waals surface area contributed by atoms with E-state index in [2.05, 4.69) is 9.98 Å². The molecule has 2 heterocycles. The second-order valence-electron chi connectivity index (χ2n) is 6.09. The molecule has 1 aromatic heterocycles. The van der Waals surface area contributed by atoms with Crippen molar-refractivity contribution in [3.05, 3.63) is 94.9 Å². The van der Waals surface area contributed by atoms with Crippen molar-refractivity contribution in [1.29, 1.82) is 0 Å². The summed E-state index contributed by atoms with van der Waals surface area (Å²) in [6, 6.07) is 18.2. The van der Waals surface area contributed by atoms with Crippen molar-refractivity contribution in [3.63, 3.8) is 0 Å². The molecular formula is C22H16ClN3O2. The van der Waals surface area contributed by atoms with Crippen LogP contribution in [-0.2, 0) is 4.79 Å². The highest BCUT2D eigenvalue weighted by atomic mass is 35.5. The lowest BCUT2D eigenvalue weighted by Crippen LogP contribution is -2.32. The van der Waals surface area contributed by atoms with Gasteiger partial charge in [0.05, 0.1) is 12.8 Å². The number of carbonyl (C=O) groups is 1. The SMILES string of the molecule is COc1ccc(N2C(=O)/C(=C\c3ccncc3)N=C2c2ccc(Cl)cc2)cc1. The van der Waals surface area contributed by atoms with Crippen LogP contribution in [0, 0.1) is 0 Å². The molecular weight excluding hydrogens is 374 g/mol. The fourth-order valence-electron chi connectivity index (χ4n) is 2.90. The summed E-state index contributed by atoms with van der Waals surface area (Å²) in [5.41, 5.74) is 2.71. The number of pyridine rings is 1. The fraction of sp³-hybridized carbons (Fsp3) is 0.0455. The van der Waals surface area contributed by atoms with Gasteiger partial charge in [-0.15, -0.1) is 0 Å². The van der Waals surface area contributed by atoms with E-state index >= 15 is 0 Å². The summed E-state index contributed by atoms with van der Waals surface area (Å²) in [7, 11) is 1.60. The molecule has 0 fully saturated rings. The molecule has 2 aromatic carbocycles. The number of aliphatic imine (C=N–C) groups is 1. The van der Waals surface area contributed by atoms with Gasteiger partial charge < -0.3 is 4.74 Å². The Morgan fingerprint density at radius 2 is 1.64 bits per heavy atom. The number of halogens is 1. The number of methoxy groups -OCH3 is 1. The van der Waals surface area contributed by atoms with Crippen molar-refractivity contribution >= 4 is 35.1 Å². The summed E-state index contributed by atoms with van der Waals surface area (Å²) in [6.45, 7) is 0. The standard InChI is InChI=1S/C22H16ClN3O2/c1-28-19-8-6-18(7-9-19)26-21(16-2-4-17(23)5-3-16)25-20(22(26)27)14-15-10-12-24-13-11-15/h2-14H,1H3/b20-14+. The summed E-state index contributed by atoms with van der Waals surface area (Å²) in [4.78, 5) is 23.4. The van der Waals surface area contributed by atoms with Crippen molar-refractivity contribution < 1.29 is 9.53 Å². The smallest absolute Gasteiger partial charge is 0.282 e. The summed E-state index contributed by atoms with van der Waals surface area (Å²) in [6.07, 6.45) is 5.11. The van der Waals surface area contributed by atoms with Crippen molar-refractivity contribution in [3.8, 4) is 5.75 Å². The van der Waals surface area contributed by atoms with Gasteiger partial charge in [-0.1, -0.05) is 11.6 Å². The van der Waals surface area contributed by atoms with Gasteiger partial charge in [-0.25, -0.2) is 4.99 Å². The number of hydrogen-bond donors (Lipinski definition) is 0. The van der Waals surface area contributed by atoms with Crippen LogP contribution in [0.15, 0.2) is 83.7 Å². The van der Waals surface area contributed by atoms with Gasteiger partial charge >= 0.3 is 0 Å². The van der Waals surface area contributed by atoms with E-state index in [4.69, 9.17) is 16.3 Å². The molecule has 138 valence electrons. The van der Waals surface area contributed by atoms with Gasteiger partial charge in [-0.2, -0.15) is 0 Å². The van der Waals surface area contributed by atoms with E-state index in [1.54, 1.807) is 42.6 Å². The average Bonchev–Trinajstić information content (AvgIpc) is 3.05. The summed E-state index contributed by atoms with van der Waals surface area (Å²) in [5, 5.41) is 0.622. The number of amides is 1. The number of amidine groups is 1. The molecule has 0 N–H and O–H groups in total. The first-order valence-corrected chi connectivity index (χ1v) is 8.98. The van der Waals surface area contributed by atoms with Crippen LogP contribution in [0.2, 0.25) is 5.02 Å². The molecule has 1 amide bonds. The Hall–Kier alpha value is -3.44. The third kappa shape index (κ3) is 3.52. The van der Waals surface area contributed by atoms with Crippen LogP contribution in [-0.4, -0.2) is 23.8 Å².